The number of rotatable bonds is 7. The third-order valence-electron chi connectivity index (χ3n) is 4.49. The second kappa shape index (κ2) is 9.39. The number of benzene rings is 1. The molecule has 1 heterocycles. The van der Waals surface area contributed by atoms with Crippen LogP contribution in [-0.4, -0.2) is 53.3 Å². The molecule has 4 N–H and O–H groups in total. The molecular weight excluding hydrogens is 322 g/mol. The first-order valence-corrected chi connectivity index (χ1v) is 8.67. The minimum Gasteiger partial charge on any atom is -0.466 e. The van der Waals surface area contributed by atoms with Gasteiger partial charge in [0.1, 0.15) is 0 Å². The summed E-state index contributed by atoms with van der Waals surface area (Å²) < 4.78 is 5.03. The number of carbonyl (C=O) groups is 1. The molecule has 1 aliphatic rings. The molecule has 2 atom stereocenters. The molecule has 7 nitrogen and oxygen atoms in total. The largest absolute Gasteiger partial charge is 0.466 e. The molecule has 0 spiro atoms. The highest BCUT2D eigenvalue weighted by atomic mass is 16.5. The van der Waals surface area contributed by atoms with Crippen molar-refractivity contribution in [3.05, 3.63) is 35.4 Å². The van der Waals surface area contributed by atoms with Crippen LogP contribution >= 0.6 is 0 Å². The quantitative estimate of drug-likeness (QED) is 0.226. The number of nitrogens with two attached hydrogens (primary N) is 1. The van der Waals surface area contributed by atoms with Crippen molar-refractivity contribution in [3.63, 3.8) is 0 Å². The zero-order valence-electron chi connectivity index (χ0n) is 14.6. The number of likely N-dealkylation sites (tertiary alicyclic amines) is 1. The van der Waals surface area contributed by atoms with Crippen molar-refractivity contribution in [3.8, 4) is 0 Å². The van der Waals surface area contributed by atoms with Crippen LogP contribution in [0.25, 0.3) is 0 Å². The van der Waals surface area contributed by atoms with E-state index in [9.17, 15) is 9.90 Å². The van der Waals surface area contributed by atoms with Crippen LogP contribution in [0.15, 0.2) is 29.4 Å². The van der Waals surface area contributed by atoms with Gasteiger partial charge in [-0.25, -0.2) is 0 Å². The second-order valence-corrected chi connectivity index (χ2v) is 6.40. The molecular formula is C18H27N3O4. The Bertz CT molecular complexity index is 588. The van der Waals surface area contributed by atoms with Crippen LogP contribution in [0.1, 0.15) is 43.4 Å². The Kier molecular flexibility index (Phi) is 7.21. The SMILES string of the molecule is CCOC(=O)C[C@@H]1CCCN(C[C@@H](O)c2ccc(/C(N)=N/O)cc2)C1. The molecule has 1 aromatic carbocycles. The Labute approximate surface area is 148 Å². The first-order valence-electron chi connectivity index (χ1n) is 8.67. The summed E-state index contributed by atoms with van der Waals surface area (Å²) in [5, 5.41) is 22.1. The van der Waals surface area contributed by atoms with Gasteiger partial charge >= 0.3 is 5.97 Å². The van der Waals surface area contributed by atoms with Gasteiger partial charge in [-0.1, -0.05) is 29.4 Å². The number of nitrogens with zero attached hydrogens (tertiary/aromatic N) is 2. The average molecular weight is 349 g/mol. The van der Waals surface area contributed by atoms with E-state index < -0.39 is 6.10 Å². The van der Waals surface area contributed by atoms with Gasteiger partial charge in [-0.05, 0) is 37.8 Å². The lowest BCUT2D eigenvalue weighted by Crippen LogP contribution is -2.38. The molecule has 0 amide bonds. The zero-order chi connectivity index (χ0) is 18.2. The van der Waals surface area contributed by atoms with Crippen LogP contribution in [0.5, 0.6) is 0 Å². The second-order valence-electron chi connectivity index (χ2n) is 6.40. The molecule has 7 heteroatoms. The number of hydrogen-bond acceptors (Lipinski definition) is 6. The molecule has 0 bridgehead atoms. The fraction of sp³-hybridized carbons (Fsp3) is 0.556. The number of carbonyl (C=O) groups excluding carboxylic acids is 1. The maximum Gasteiger partial charge on any atom is 0.306 e. The third kappa shape index (κ3) is 5.72. The van der Waals surface area contributed by atoms with Crippen molar-refractivity contribution in [1.29, 1.82) is 0 Å². The summed E-state index contributed by atoms with van der Waals surface area (Å²) in [4.78, 5) is 13.8. The van der Waals surface area contributed by atoms with Crippen molar-refractivity contribution in [2.45, 2.75) is 32.3 Å². The lowest BCUT2D eigenvalue weighted by molar-refractivity contribution is -0.144. The molecule has 1 saturated heterocycles. The van der Waals surface area contributed by atoms with Gasteiger partial charge in [0.05, 0.1) is 12.7 Å². The summed E-state index contributed by atoms with van der Waals surface area (Å²) >= 11 is 0. The topological polar surface area (TPSA) is 108 Å². The van der Waals surface area contributed by atoms with Crippen molar-refractivity contribution >= 4 is 11.8 Å². The van der Waals surface area contributed by atoms with E-state index >= 15 is 0 Å². The van der Waals surface area contributed by atoms with E-state index in [0.29, 0.717) is 25.1 Å². The predicted molar refractivity (Wildman–Crippen MR) is 94.3 cm³/mol. The highest BCUT2D eigenvalue weighted by Gasteiger charge is 2.24. The van der Waals surface area contributed by atoms with Crippen LogP contribution < -0.4 is 5.73 Å². The van der Waals surface area contributed by atoms with E-state index in [-0.39, 0.29) is 17.7 Å². The predicted octanol–water partition coefficient (Wildman–Crippen LogP) is 1.48. The lowest BCUT2D eigenvalue weighted by Gasteiger charge is -2.33. The standard InChI is InChI=1S/C18H27N3O4/c1-2-25-17(23)10-13-4-3-9-21(11-13)12-16(22)14-5-7-15(8-6-14)18(19)20-24/h5-8,13,16,22,24H,2-4,9-12H2,1H3,(H2,19,20)/t13-,16+/m0/s1. The summed E-state index contributed by atoms with van der Waals surface area (Å²) in [6.07, 6.45) is 1.84. The number of piperidine rings is 1. The smallest absolute Gasteiger partial charge is 0.306 e. The first kappa shape index (κ1) is 19.2. The fourth-order valence-corrected chi connectivity index (χ4v) is 3.22. The van der Waals surface area contributed by atoms with E-state index in [1.54, 1.807) is 24.3 Å². The minimum atomic E-state index is -0.623. The first-order chi connectivity index (χ1) is 12.0. The van der Waals surface area contributed by atoms with Gasteiger partial charge in [-0.2, -0.15) is 0 Å². The average Bonchev–Trinajstić information content (AvgIpc) is 2.61. The molecule has 2 rings (SSSR count). The fourth-order valence-electron chi connectivity index (χ4n) is 3.22. The maximum absolute atomic E-state index is 11.6. The number of aliphatic hydroxyl groups is 1. The number of ether oxygens (including phenoxy) is 1. The normalized spacial score (nSPS) is 20.2. The van der Waals surface area contributed by atoms with Gasteiger partial charge in [0.25, 0.3) is 0 Å². The molecule has 0 radical (unpaired) electrons. The Hall–Kier alpha value is -2.12. The van der Waals surface area contributed by atoms with Crippen LogP contribution in [-0.2, 0) is 9.53 Å². The van der Waals surface area contributed by atoms with Gasteiger partial charge < -0.3 is 25.7 Å². The van der Waals surface area contributed by atoms with E-state index in [1.165, 1.54) is 0 Å². The molecule has 1 aromatic rings. The van der Waals surface area contributed by atoms with Crippen molar-refractivity contribution in [2.75, 3.05) is 26.2 Å². The maximum atomic E-state index is 11.6. The molecule has 0 aromatic heterocycles. The van der Waals surface area contributed by atoms with Crippen molar-refractivity contribution < 1.29 is 19.8 Å². The highest BCUT2D eigenvalue weighted by Crippen LogP contribution is 2.23. The van der Waals surface area contributed by atoms with E-state index in [0.717, 1.165) is 31.5 Å². The van der Waals surface area contributed by atoms with Crippen LogP contribution in [0, 0.1) is 5.92 Å². The third-order valence-corrected chi connectivity index (χ3v) is 4.49. The van der Waals surface area contributed by atoms with Crippen LogP contribution in [0.3, 0.4) is 0 Å². The minimum absolute atomic E-state index is 0.0406. The van der Waals surface area contributed by atoms with E-state index in [1.807, 2.05) is 6.92 Å². The summed E-state index contributed by atoms with van der Waals surface area (Å²) in [7, 11) is 0. The lowest BCUT2D eigenvalue weighted by atomic mass is 9.94. The number of amidine groups is 1. The molecule has 0 saturated carbocycles. The van der Waals surface area contributed by atoms with E-state index in [4.69, 9.17) is 15.7 Å². The molecule has 1 fully saturated rings. The number of β-amino-alcohol motifs (C(OH)–C–C–N with tert-alkyl or cyclic N) is 1. The number of oxime groups is 1. The molecule has 0 unspecified atom stereocenters. The number of esters is 1. The Morgan fingerprint density at radius 2 is 2.16 bits per heavy atom. The summed E-state index contributed by atoms with van der Waals surface area (Å²) in [5.41, 5.74) is 6.92. The number of aliphatic hydroxyl groups excluding tert-OH is 1. The van der Waals surface area contributed by atoms with Gasteiger partial charge in [0.2, 0.25) is 0 Å². The van der Waals surface area contributed by atoms with Gasteiger partial charge in [0, 0.05) is 25.1 Å². The summed E-state index contributed by atoms with van der Waals surface area (Å²) in [6, 6.07) is 6.98. The van der Waals surface area contributed by atoms with E-state index in [2.05, 4.69) is 10.1 Å². The monoisotopic (exact) mass is 349 g/mol. The van der Waals surface area contributed by atoms with Crippen LogP contribution in [0.4, 0.5) is 0 Å². The summed E-state index contributed by atoms with van der Waals surface area (Å²) in [6.45, 7) is 4.45. The van der Waals surface area contributed by atoms with Crippen molar-refractivity contribution in [1.82, 2.24) is 4.90 Å². The summed E-state index contributed by atoms with van der Waals surface area (Å²) in [5.74, 6) is 0.176. The number of hydrogen-bond donors (Lipinski definition) is 3. The molecule has 138 valence electrons. The van der Waals surface area contributed by atoms with Crippen molar-refractivity contribution in [2.24, 2.45) is 16.8 Å². The van der Waals surface area contributed by atoms with Gasteiger partial charge in [-0.15, -0.1) is 0 Å². The Morgan fingerprint density at radius 3 is 2.80 bits per heavy atom. The zero-order valence-corrected chi connectivity index (χ0v) is 14.6. The Balaban J connectivity index is 1.89. The van der Waals surface area contributed by atoms with Gasteiger partial charge in [0.15, 0.2) is 5.84 Å². The van der Waals surface area contributed by atoms with Crippen LogP contribution in [0.2, 0.25) is 0 Å². The molecule has 25 heavy (non-hydrogen) atoms. The molecule has 1 aliphatic heterocycles. The highest BCUT2D eigenvalue weighted by molar-refractivity contribution is 5.96. The Morgan fingerprint density at radius 1 is 1.44 bits per heavy atom. The van der Waals surface area contributed by atoms with Gasteiger partial charge in [-0.3, -0.25) is 4.79 Å². The molecule has 0 aliphatic carbocycles.